The Morgan fingerprint density at radius 2 is 1.04 bits per heavy atom. The highest BCUT2D eigenvalue weighted by atomic mass is 35.5. The van der Waals surface area contributed by atoms with Crippen LogP contribution < -0.4 is 9.47 Å². The molecule has 0 spiro atoms. The summed E-state index contributed by atoms with van der Waals surface area (Å²) in [5, 5.41) is 1.68. The molecule has 6 atom stereocenters. The standard InChI is InChI=1S/C42H40Cl4N4O6/c43-35-3-1-31(21-37(35)45)53-33-19-29-7-13-41(23-33,49(29)25-27-9-15-47-16-10-27)55-39(51)5-6-40(52)56-42-14-8-30(50(42)26-28-11-17-48-18-12-28)20-34(24-42)54-32-2-4-36(44)38(46)22-32/h1-6,9-12,15-18,21-22,29-30,33-34H,7-8,13-14,19-20,23-26H2/b6-5+. The molecule has 56 heavy (non-hydrogen) atoms. The van der Waals surface area contributed by atoms with Crippen LogP contribution in [0.4, 0.5) is 0 Å². The first-order valence-corrected chi connectivity index (χ1v) is 20.3. The SMILES string of the molecule is O=C(/C=C/C(=O)OC12CCC(CC(Oc3ccc(Cl)c(Cl)c3)C1)N2Cc1ccncc1)OC12CCC(CC(Oc3ccc(Cl)c(Cl)c3)C1)N2Cc1ccncc1. The molecular weight excluding hydrogens is 798 g/mol. The molecule has 8 rings (SSSR count). The average molecular weight is 839 g/mol. The van der Waals surface area contributed by atoms with Crippen molar-refractivity contribution in [3.05, 3.63) is 129 Å². The zero-order chi connectivity index (χ0) is 38.9. The van der Waals surface area contributed by atoms with Crippen LogP contribution in [0.2, 0.25) is 20.1 Å². The fourth-order valence-electron chi connectivity index (χ4n) is 8.92. The lowest BCUT2D eigenvalue weighted by molar-refractivity contribution is -0.196. The van der Waals surface area contributed by atoms with Crippen molar-refractivity contribution in [1.29, 1.82) is 0 Å². The number of carbonyl (C=O) groups excluding carboxylic acids is 2. The van der Waals surface area contributed by atoms with Gasteiger partial charge < -0.3 is 18.9 Å². The van der Waals surface area contributed by atoms with Crippen molar-refractivity contribution >= 4 is 58.3 Å². The summed E-state index contributed by atoms with van der Waals surface area (Å²) in [6.45, 7) is 1.13. The lowest BCUT2D eigenvalue weighted by atomic mass is 9.95. The maximum absolute atomic E-state index is 13.7. The third-order valence-electron chi connectivity index (χ3n) is 11.4. The summed E-state index contributed by atoms with van der Waals surface area (Å²) >= 11 is 24.9. The van der Waals surface area contributed by atoms with E-state index in [0.29, 0.717) is 70.4 Å². The van der Waals surface area contributed by atoms with E-state index in [1.165, 1.54) is 12.2 Å². The second-order valence-electron chi connectivity index (χ2n) is 14.9. The third-order valence-corrected chi connectivity index (χ3v) is 12.8. The number of piperidine rings is 2. The number of esters is 2. The average Bonchev–Trinajstić information content (AvgIpc) is 3.49. The number of rotatable bonds is 12. The van der Waals surface area contributed by atoms with Gasteiger partial charge in [0.2, 0.25) is 0 Å². The van der Waals surface area contributed by atoms with Gasteiger partial charge in [0.15, 0.2) is 11.4 Å². The predicted molar refractivity (Wildman–Crippen MR) is 213 cm³/mol. The smallest absolute Gasteiger partial charge is 0.332 e. The molecule has 6 unspecified atom stereocenters. The second-order valence-corrected chi connectivity index (χ2v) is 16.6. The number of hydrogen-bond acceptors (Lipinski definition) is 10. The Hall–Kier alpha value is -3.90. The molecular formula is C42H40Cl4N4O6. The van der Waals surface area contributed by atoms with Crippen LogP contribution in [0.25, 0.3) is 0 Å². The summed E-state index contributed by atoms with van der Waals surface area (Å²) in [4.78, 5) is 40.3. The molecule has 0 aliphatic carbocycles. The van der Waals surface area contributed by atoms with Crippen molar-refractivity contribution in [2.24, 2.45) is 0 Å². The van der Waals surface area contributed by atoms with E-state index in [1.54, 1.807) is 61.2 Å². The number of halogens is 4. The van der Waals surface area contributed by atoms with Gasteiger partial charge in [-0.25, -0.2) is 9.59 Å². The molecule has 4 fully saturated rings. The van der Waals surface area contributed by atoms with Gasteiger partial charge in [0.25, 0.3) is 0 Å². The largest absolute Gasteiger partial charge is 0.490 e. The molecule has 4 aliphatic heterocycles. The second kappa shape index (κ2) is 16.5. The Labute approximate surface area is 345 Å². The van der Waals surface area contributed by atoms with Gasteiger partial charge >= 0.3 is 11.9 Å². The fraction of sp³-hybridized carbons (Fsp3) is 0.381. The number of aromatic nitrogens is 2. The van der Waals surface area contributed by atoms with E-state index in [9.17, 15) is 9.59 Å². The van der Waals surface area contributed by atoms with Crippen LogP contribution >= 0.6 is 46.4 Å². The quantitative estimate of drug-likeness (QED) is 0.101. The number of hydrogen-bond donors (Lipinski definition) is 0. The fourth-order valence-corrected chi connectivity index (χ4v) is 9.50. The van der Waals surface area contributed by atoms with Crippen LogP contribution in [0.1, 0.15) is 62.5 Å². The summed E-state index contributed by atoms with van der Waals surface area (Å²) in [6.07, 6.45) is 14.0. The summed E-state index contributed by atoms with van der Waals surface area (Å²) in [6, 6.07) is 18.4. The number of pyridine rings is 2. The van der Waals surface area contributed by atoms with Gasteiger partial charge in [-0.3, -0.25) is 19.8 Å². The van der Waals surface area contributed by atoms with Gasteiger partial charge in [-0.2, -0.15) is 0 Å². The van der Waals surface area contributed by atoms with Crippen molar-refractivity contribution < 1.29 is 28.5 Å². The highest BCUT2D eigenvalue weighted by Gasteiger charge is 2.56. The van der Waals surface area contributed by atoms with Crippen molar-refractivity contribution in [2.45, 2.75) is 100 Å². The Balaban J connectivity index is 0.990. The van der Waals surface area contributed by atoms with Crippen LogP contribution in [-0.2, 0) is 32.2 Å². The highest BCUT2D eigenvalue weighted by molar-refractivity contribution is 6.42. The van der Waals surface area contributed by atoms with Gasteiger partial charge in [0.1, 0.15) is 23.7 Å². The Morgan fingerprint density at radius 3 is 1.43 bits per heavy atom. The normalized spacial score (nSPS) is 27.3. The molecule has 2 aromatic carbocycles. The van der Waals surface area contributed by atoms with Crippen LogP contribution in [0.3, 0.4) is 0 Å². The maximum atomic E-state index is 13.7. The van der Waals surface area contributed by atoms with E-state index >= 15 is 0 Å². The zero-order valence-corrected chi connectivity index (χ0v) is 33.4. The van der Waals surface area contributed by atoms with Crippen molar-refractivity contribution in [3.8, 4) is 11.5 Å². The van der Waals surface area contributed by atoms with E-state index in [1.807, 2.05) is 24.3 Å². The van der Waals surface area contributed by atoms with Crippen LogP contribution in [0.5, 0.6) is 11.5 Å². The number of nitrogens with zero attached hydrogens (tertiary/aromatic N) is 4. The van der Waals surface area contributed by atoms with E-state index in [0.717, 1.165) is 36.8 Å². The molecule has 0 N–H and O–H groups in total. The molecule has 6 heterocycles. The Bertz CT molecular complexity index is 1950. The minimum absolute atomic E-state index is 0.0950. The molecule has 14 heteroatoms. The third kappa shape index (κ3) is 8.51. The highest BCUT2D eigenvalue weighted by Crippen LogP contribution is 2.49. The van der Waals surface area contributed by atoms with Gasteiger partial charge in [-0.1, -0.05) is 46.4 Å². The maximum Gasteiger partial charge on any atom is 0.332 e. The van der Waals surface area contributed by atoms with E-state index in [2.05, 4.69) is 19.8 Å². The topological polar surface area (TPSA) is 103 Å². The first-order chi connectivity index (χ1) is 27.1. The van der Waals surface area contributed by atoms with E-state index < -0.39 is 23.4 Å². The van der Waals surface area contributed by atoms with E-state index in [4.69, 9.17) is 65.4 Å². The molecule has 4 saturated heterocycles. The zero-order valence-electron chi connectivity index (χ0n) is 30.4. The number of carbonyl (C=O) groups is 2. The van der Waals surface area contributed by atoms with Crippen LogP contribution in [0.15, 0.2) is 97.6 Å². The van der Waals surface area contributed by atoms with Crippen molar-refractivity contribution in [3.63, 3.8) is 0 Å². The lowest BCUT2D eigenvalue weighted by Gasteiger charge is -2.46. The van der Waals surface area contributed by atoms with Crippen molar-refractivity contribution in [1.82, 2.24) is 19.8 Å². The van der Waals surface area contributed by atoms with Crippen molar-refractivity contribution in [2.75, 3.05) is 0 Å². The van der Waals surface area contributed by atoms with Crippen LogP contribution in [-0.4, -0.2) is 67.4 Å². The summed E-state index contributed by atoms with van der Waals surface area (Å²) in [5.74, 6) is -0.0986. The number of ether oxygens (including phenoxy) is 4. The summed E-state index contributed by atoms with van der Waals surface area (Å²) in [5.41, 5.74) is 0.176. The molecule has 292 valence electrons. The lowest BCUT2D eigenvalue weighted by Crippen LogP contribution is -2.57. The molecule has 0 saturated carbocycles. The Morgan fingerprint density at radius 1 is 0.625 bits per heavy atom. The molecule has 0 radical (unpaired) electrons. The van der Waals surface area contributed by atoms with Crippen LogP contribution in [0, 0.1) is 0 Å². The van der Waals surface area contributed by atoms with Gasteiger partial charge in [0.05, 0.1) is 20.1 Å². The molecule has 4 bridgehead atoms. The first kappa shape index (κ1) is 38.9. The monoisotopic (exact) mass is 836 g/mol. The minimum Gasteiger partial charge on any atom is -0.490 e. The van der Waals surface area contributed by atoms with Gasteiger partial charge in [-0.15, -0.1) is 0 Å². The molecule has 4 aromatic rings. The van der Waals surface area contributed by atoms with E-state index in [-0.39, 0.29) is 24.3 Å². The summed E-state index contributed by atoms with van der Waals surface area (Å²) < 4.78 is 25.5. The number of benzene rings is 2. The predicted octanol–water partition coefficient (Wildman–Crippen LogP) is 9.24. The first-order valence-electron chi connectivity index (χ1n) is 18.8. The van der Waals surface area contributed by atoms with Gasteiger partial charge in [0, 0.05) is 113 Å². The minimum atomic E-state index is -0.963. The Kier molecular flexibility index (Phi) is 11.5. The number of fused-ring (bicyclic) bond motifs is 4. The molecule has 4 aliphatic rings. The van der Waals surface area contributed by atoms with Gasteiger partial charge in [-0.05, 0) is 72.5 Å². The summed E-state index contributed by atoms with van der Waals surface area (Å²) in [7, 11) is 0. The molecule has 0 amide bonds. The molecule has 2 aromatic heterocycles. The molecule has 10 nitrogen and oxygen atoms in total.